The minimum absolute atomic E-state index is 0.0664. The van der Waals surface area contributed by atoms with Crippen LogP contribution in [-0.2, 0) is 0 Å². The van der Waals surface area contributed by atoms with Crippen molar-refractivity contribution in [1.82, 2.24) is 9.88 Å². The smallest absolute Gasteiger partial charge is 0.267 e. The van der Waals surface area contributed by atoms with Gasteiger partial charge in [-0.25, -0.2) is 0 Å². The molecule has 0 unspecified atom stereocenters. The number of benzene rings is 2. The van der Waals surface area contributed by atoms with E-state index in [1.807, 2.05) is 19.1 Å². The molecule has 1 heterocycles. The van der Waals surface area contributed by atoms with Gasteiger partial charge < -0.3 is 10.6 Å². The first-order valence-corrected chi connectivity index (χ1v) is 8.42. The molecular formula is C21H19N3O3. The van der Waals surface area contributed by atoms with Gasteiger partial charge in [-0.1, -0.05) is 17.7 Å². The third kappa shape index (κ3) is 3.95. The molecule has 2 aromatic carbocycles. The zero-order valence-corrected chi connectivity index (χ0v) is 15.0. The van der Waals surface area contributed by atoms with Gasteiger partial charge in [0, 0.05) is 30.2 Å². The van der Waals surface area contributed by atoms with Gasteiger partial charge in [0.05, 0.1) is 0 Å². The Labute approximate surface area is 156 Å². The first kappa shape index (κ1) is 18.1. The zero-order chi connectivity index (χ0) is 19.4. The average molecular weight is 361 g/mol. The maximum Gasteiger partial charge on any atom is 0.267 e. The van der Waals surface area contributed by atoms with Gasteiger partial charge in [-0.3, -0.25) is 19.0 Å². The summed E-state index contributed by atoms with van der Waals surface area (Å²) in [5.74, 6) is -0.641. The minimum Gasteiger partial charge on any atom is -0.355 e. The number of nitrogens with one attached hydrogen (secondary N) is 2. The summed E-state index contributed by atoms with van der Waals surface area (Å²) in [5.41, 5.74) is 2.52. The molecule has 3 aromatic rings. The summed E-state index contributed by atoms with van der Waals surface area (Å²) in [4.78, 5) is 36.5. The van der Waals surface area contributed by atoms with Crippen LogP contribution in [0.4, 0.5) is 5.69 Å². The molecule has 6 heteroatoms. The van der Waals surface area contributed by atoms with Crippen LogP contribution in [0.3, 0.4) is 0 Å². The summed E-state index contributed by atoms with van der Waals surface area (Å²) in [6.07, 6.45) is 1.59. The standard InChI is InChI=1S/C21H19N3O3/c1-14-5-7-15(8-6-14)19(25)23-16-9-11-17(12-10-16)24-13-3-4-18(21(24)27)20(26)22-2/h3-13H,1-2H3,(H,22,26)(H,23,25). The van der Waals surface area contributed by atoms with Crippen molar-refractivity contribution in [3.05, 3.63) is 93.9 Å². The fraction of sp³-hybridized carbons (Fsp3) is 0.0952. The van der Waals surface area contributed by atoms with Crippen LogP contribution in [0.15, 0.2) is 71.7 Å². The number of hydrogen-bond acceptors (Lipinski definition) is 3. The van der Waals surface area contributed by atoms with Crippen molar-refractivity contribution in [3.63, 3.8) is 0 Å². The Morgan fingerprint density at radius 1 is 0.889 bits per heavy atom. The largest absolute Gasteiger partial charge is 0.355 e. The van der Waals surface area contributed by atoms with Crippen molar-refractivity contribution in [1.29, 1.82) is 0 Å². The lowest BCUT2D eigenvalue weighted by atomic mass is 10.1. The van der Waals surface area contributed by atoms with Gasteiger partial charge in [-0.05, 0) is 55.5 Å². The lowest BCUT2D eigenvalue weighted by Crippen LogP contribution is -2.30. The summed E-state index contributed by atoms with van der Waals surface area (Å²) in [5, 5.41) is 5.27. The highest BCUT2D eigenvalue weighted by Crippen LogP contribution is 2.14. The molecule has 27 heavy (non-hydrogen) atoms. The van der Waals surface area contributed by atoms with Gasteiger partial charge in [0.2, 0.25) is 0 Å². The molecule has 0 aliphatic carbocycles. The number of hydrogen-bond donors (Lipinski definition) is 2. The van der Waals surface area contributed by atoms with E-state index < -0.39 is 11.5 Å². The molecule has 0 aliphatic rings. The number of aromatic nitrogens is 1. The van der Waals surface area contributed by atoms with Crippen molar-refractivity contribution in [3.8, 4) is 5.69 Å². The van der Waals surface area contributed by atoms with E-state index in [4.69, 9.17) is 0 Å². The Hall–Kier alpha value is -3.67. The van der Waals surface area contributed by atoms with E-state index in [-0.39, 0.29) is 11.5 Å². The number of carbonyl (C=O) groups excluding carboxylic acids is 2. The molecule has 2 amide bonds. The summed E-state index contributed by atoms with van der Waals surface area (Å²) in [7, 11) is 1.48. The Morgan fingerprint density at radius 3 is 2.19 bits per heavy atom. The van der Waals surface area contributed by atoms with E-state index in [0.717, 1.165) is 5.56 Å². The molecule has 0 saturated carbocycles. The summed E-state index contributed by atoms with van der Waals surface area (Å²) in [6, 6.07) is 17.2. The molecule has 6 nitrogen and oxygen atoms in total. The SMILES string of the molecule is CNC(=O)c1cccn(-c2ccc(NC(=O)c3ccc(C)cc3)cc2)c1=O. The Kier molecular flexibility index (Phi) is 5.17. The lowest BCUT2D eigenvalue weighted by Gasteiger charge is -2.10. The average Bonchev–Trinajstić information content (AvgIpc) is 2.69. The van der Waals surface area contributed by atoms with E-state index in [0.29, 0.717) is 16.9 Å². The minimum atomic E-state index is -0.434. The number of rotatable bonds is 4. The van der Waals surface area contributed by atoms with Gasteiger partial charge in [-0.2, -0.15) is 0 Å². The Morgan fingerprint density at radius 2 is 1.56 bits per heavy atom. The predicted molar refractivity (Wildman–Crippen MR) is 105 cm³/mol. The van der Waals surface area contributed by atoms with E-state index in [9.17, 15) is 14.4 Å². The van der Waals surface area contributed by atoms with Crippen molar-refractivity contribution < 1.29 is 9.59 Å². The van der Waals surface area contributed by atoms with Crippen molar-refractivity contribution in [2.75, 3.05) is 12.4 Å². The van der Waals surface area contributed by atoms with Crippen molar-refractivity contribution in [2.45, 2.75) is 6.92 Å². The van der Waals surface area contributed by atoms with Crippen molar-refractivity contribution in [2.24, 2.45) is 0 Å². The highest BCUT2D eigenvalue weighted by atomic mass is 16.2. The van der Waals surface area contributed by atoms with Gasteiger partial charge in [-0.15, -0.1) is 0 Å². The molecule has 0 saturated heterocycles. The first-order valence-electron chi connectivity index (χ1n) is 8.42. The normalized spacial score (nSPS) is 10.3. The van der Waals surface area contributed by atoms with Crippen LogP contribution in [0.25, 0.3) is 5.69 Å². The second kappa shape index (κ2) is 7.70. The van der Waals surface area contributed by atoms with Crippen LogP contribution in [0.2, 0.25) is 0 Å². The molecule has 3 rings (SSSR count). The van der Waals surface area contributed by atoms with Crippen LogP contribution in [0.1, 0.15) is 26.3 Å². The van der Waals surface area contributed by atoms with Crippen LogP contribution in [0.5, 0.6) is 0 Å². The number of pyridine rings is 1. The third-order valence-electron chi connectivity index (χ3n) is 4.14. The summed E-state index contributed by atoms with van der Waals surface area (Å²) >= 11 is 0. The van der Waals surface area contributed by atoms with Gasteiger partial charge in [0.1, 0.15) is 5.56 Å². The number of amides is 2. The Bertz CT molecular complexity index is 1040. The highest BCUT2D eigenvalue weighted by molar-refractivity contribution is 6.04. The molecule has 136 valence electrons. The number of carbonyl (C=O) groups is 2. The van der Waals surface area contributed by atoms with E-state index in [2.05, 4.69) is 10.6 Å². The zero-order valence-electron chi connectivity index (χ0n) is 15.0. The molecule has 0 atom stereocenters. The number of nitrogens with zero attached hydrogens (tertiary/aromatic N) is 1. The predicted octanol–water partition coefficient (Wildman–Crippen LogP) is 2.76. The second-order valence-corrected chi connectivity index (χ2v) is 6.04. The quantitative estimate of drug-likeness (QED) is 0.750. The fourth-order valence-electron chi connectivity index (χ4n) is 2.62. The van der Waals surface area contributed by atoms with Crippen LogP contribution >= 0.6 is 0 Å². The molecular weight excluding hydrogens is 342 g/mol. The number of aryl methyl sites for hydroxylation is 1. The second-order valence-electron chi connectivity index (χ2n) is 6.04. The molecule has 1 aromatic heterocycles. The van der Waals surface area contributed by atoms with Crippen LogP contribution < -0.4 is 16.2 Å². The monoisotopic (exact) mass is 361 g/mol. The Balaban J connectivity index is 1.82. The van der Waals surface area contributed by atoms with Crippen molar-refractivity contribution >= 4 is 17.5 Å². The molecule has 0 aliphatic heterocycles. The maximum absolute atomic E-state index is 12.5. The van der Waals surface area contributed by atoms with Gasteiger partial charge in [0.15, 0.2) is 0 Å². The molecule has 0 bridgehead atoms. The number of anilines is 1. The highest BCUT2D eigenvalue weighted by Gasteiger charge is 2.11. The van der Waals surface area contributed by atoms with Crippen LogP contribution in [-0.4, -0.2) is 23.4 Å². The topological polar surface area (TPSA) is 80.2 Å². The molecule has 2 N–H and O–H groups in total. The maximum atomic E-state index is 12.5. The van der Waals surface area contributed by atoms with E-state index in [1.165, 1.54) is 17.7 Å². The van der Waals surface area contributed by atoms with E-state index in [1.54, 1.807) is 48.7 Å². The van der Waals surface area contributed by atoms with Gasteiger partial charge in [0.25, 0.3) is 17.4 Å². The molecule has 0 fully saturated rings. The van der Waals surface area contributed by atoms with E-state index >= 15 is 0 Å². The summed E-state index contributed by atoms with van der Waals surface area (Å²) < 4.78 is 1.39. The third-order valence-corrected chi connectivity index (χ3v) is 4.14. The molecule has 0 spiro atoms. The first-order chi connectivity index (χ1) is 13.0. The fourth-order valence-corrected chi connectivity index (χ4v) is 2.62. The summed E-state index contributed by atoms with van der Waals surface area (Å²) in [6.45, 7) is 1.96. The molecule has 0 radical (unpaired) electrons. The van der Waals surface area contributed by atoms with Crippen LogP contribution in [0, 0.1) is 6.92 Å². The lowest BCUT2D eigenvalue weighted by molar-refractivity contribution is 0.0960. The van der Waals surface area contributed by atoms with Gasteiger partial charge >= 0.3 is 0 Å².